The number of hydrogen-bond donors (Lipinski definition) is 1. The van der Waals surface area contributed by atoms with Crippen LogP contribution in [-0.2, 0) is 6.54 Å². The predicted octanol–water partition coefficient (Wildman–Crippen LogP) is 4.48. The van der Waals surface area contributed by atoms with E-state index in [0.717, 1.165) is 11.0 Å². The highest BCUT2D eigenvalue weighted by Gasteiger charge is 2.23. The highest BCUT2D eigenvalue weighted by Crippen LogP contribution is 2.31. The standard InChI is InChI=1S/C14H19BrN2S2/c1-10(2)17(8-12-4-3-5-18-12)13(7-16)14-6-11(15)9-19-14/h3-6,9-10,13H,7-8,16H2,1-2H3. The fraction of sp³-hybridized carbons (Fsp3) is 0.429. The molecule has 1 unspecified atom stereocenters. The molecule has 2 nitrogen and oxygen atoms in total. The highest BCUT2D eigenvalue weighted by molar-refractivity contribution is 9.10. The summed E-state index contributed by atoms with van der Waals surface area (Å²) in [6.07, 6.45) is 0. The van der Waals surface area contributed by atoms with E-state index in [4.69, 9.17) is 5.73 Å². The number of hydrogen-bond acceptors (Lipinski definition) is 4. The van der Waals surface area contributed by atoms with Crippen molar-refractivity contribution < 1.29 is 0 Å². The third-order valence-corrected chi connectivity index (χ3v) is 5.78. The van der Waals surface area contributed by atoms with Gasteiger partial charge in [0, 0.05) is 38.7 Å². The molecule has 0 amide bonds. The minimum Gasteiger partial charge on any atom is -0.329 e. The summed E-state index contributed by atoms with van der Waals surface area (Å²) >= 11 is 7.11. The van der Waals surface area contributed by atoms with Crippen LogP contribution in [0.15, 0.2) is 33.4 Å². The summed E-state index contributed by atoms with van der Waals surface area (Å²) < 4.78 is 1.14. The highest BCUT2D eigenvalue weighted by atomic mass is 79.9. The largest absolute Gasteiger partial charge is 0.329 e. The molecule has 2 rings (SSSR count). The Balaban J connectivity index is 2.20. The van der Waals surface area contributed by atoms with E-state index in [0.29, 0.717) is 18.6 Å². The quantitative estimate of drug-likeness (QED) is 0.824. The molecular formula is C14H19BrN2S2. The van der Waals surface area contributed by atoms with Crippen molar-refractivity contribution in [3.63, 3.8) is 0 Å². The Morgan fingerprint density at radius 3 is 2.63 bits per heavy atom. The Bertz CT molecular complexity index is 493. The van der Waals surface area contributed by atoms with Crippen LogP contribution in [0.3, 0.4) is 0 Å². The van der Waals surface area contributed by atoms with E-state index in [-0.39, 0.29) is 0 Å². The van der Waals surface area contributed by atoms with Gasteiger partial charge in [-0.1, -0.05) is 6.07 Å². The molecule has 1 atom stereocenters. The predicted molar refractivity (Wildman–Crippen MR) is 88.8 cm³/mol. The summed E-state index contributed by atoms with van der Waals surface area (Å²) in [4.78, 5) is 5.20. The van der Waals surface area contributed by atoms with E-state index in [2.05, 4.69) is 63.6 Å². The first-order valence-corrected chi connectivity index (χ1v) is 8.89. The Labute approximate surface area is 131 Å². The van der Waals surface area contributed by atoms with Gasteiger partial charge in [-0.05, 0) is 47.3 Å². The van der Waals surface area contributed by atoms with Crippen LogP contribution in [0, 0.1) is 0 Å². The summed E-state index contributed by atoms with van der Waals surface area (Å²) in [6, 6.07) is 7.25. The number of thiophene rings is 2. The van der Waals surface area contributed by atoms with Crippen LogP contribution in [0.25, 0.3) is 0 Å². The van der Waals surface area contributed by atoms with E-state index in [1.54, 1.807) is 11.3 Å². The van der Waals surface area contributed by atoms with Gasteiger partial charge in [-0.2, -0.15) is 0 Å². The van der Waals surface area contributed by atoms with Gasteiger partial charge in [0.2, 0.25) is 0 Å². The average molecular weight is 359 g/mol. The Kier molecular flexibility index (Phi) is 5.59. The second-order valence-electron chi connectivity index (χ2n) is 4.76. The van der Waals surface area contributed by atoms with Gasteiger partial charge in [-0.3, -0.25) is 4.90 Å². The average Bonchev–Trinajstić information content (AvgIpc) is 3.00. The Morgan fingerprint density at radius 1 is 1.37 bits per heavy atom. The van der Waals surface area contributed by atoms with Crippen LogP contribution in [0.2, 0.25) is 0 Å². The van der Waals surface area contributed by atoms with Crippen LogP contribution in [0.4, 0.5) is 0 Å². The first-order chi connectivity index (χ1) is 9.11. The zero-order valence-electron chi connectivity index (χ0n) is 11.2. The van der Waals surface area contributed by atoms with Gasteiger partial charge < -0.3 is 5.73 Å². The summed E-state index contributed by atoms with van der Waals surface area (Å²) in [7, 11) is 0. The minimum absolute atomic E-state index is 0.290. The van der Waals surface area contributed by atoms with Gasteiger partial charge in [0.05, 0.1) is 6.04 Å². The molecule has 2 N–H and O–H groups in total. The maximum Gasteiger partial charge on any atom is 0.0570 e. The second kappa shape index (κ2) is 6.99. The molecule has 0 saturated carbocycles. The minimum atomic E-state index is 0.290. The number of nitrogens with zero attached hydrogens (tertiary/aromatic N) is 1. The van der Waals surface area contributed by atoms with Crippen molar-refractivity contribution in [2.45, 2.75) is 32.5 Å². The van der Waals surface area contributed by atoms with Gasteiger partial charge in [-0.15, -0.1) is 22.7 Å². The lowest BCUT2D eigenvalue weighted by Gasteiger charge is -2.33. The SMILES string of the molecule is CC(C)N(Cc1cccs1)C(CN)c1cc(Br)cs1. The van der Waals surface area contributed by atoms with Gasteiger partial charge in [0.25, 0.3) is 0 Å². The van der Waals surface area contributed by atoms with Crippen molar-refractivity contribution >= 4 is 38.6 Å². The lowest BCUT2D eigenvalue weighted by atomic mass is 10.1. The molecule has 5 heteroatoms. The molecule has 19 heavy (non-hydrogen) atoms. The zero-order chi connectivity index (χ0) is 13.8. The van der Waals surface area contributed by atoms with Crippen LogP contribution in [0.1, 0.15) is 29.6 Å². The summed E-state index contributed by atoms with van der Waals surface area (Å²) in [5.74, 6) is 0. The molecule has 2 heterocycles. The third-order valence-electron chi connectivity index (χ3n) is 3.12. The van der Waals surface area contributed by atoms with E-state index >= 15 is 0 Å². The van der Waals surface area contributed by atoms with Gasteiger partial charge in [0.15, 0.2) is 0 Å². The summed E-state index contributed by atoms with van der Waals surface area (Å²) in [5.41, 5.74) is 6.03. The van der Waals surface area contributed by atoms with E-state index in [1.165, 1.54) is 9.75 Å². The molecule has 0 fully saturated rings. The van der Waals surface area contributed by atoms with Crippen molar-refractivity contribution in [1.82, 2.24) is 4.90 Å². The molecule has 0 spiro atoms. The fourth-order valence-corrected chi connectivity index (χ4v) is 4.44. The molecule has 0 aliphatic carbocycles. The molecular weight excluding hydrogens is 340 g/mol. The maximum atomic E-state index is 6.03. The number of halogens is 1. The summed E-state index contributed by atoms with van der Waals surface area (Å²) in [6.45, 7) is 6.08. The van der Waals surface area contributed by atoms with E-state index in [9.17, 15) is 0 Å². The van der Waals surface area contributed by atoms with Crippen molar-refractivity contribution in [2.24, 2.45) is 5.73 Å². The van der Waals surface area contributed by atoms with Crippen molar-refractivity contribution in [3.05, 3.63) is 43.2 Å². The molecule has 0 bridgehead atoms. The second-order valence-corrected chi connectivity index (χ2v) is 7.65. The molecule has 104 valence electrons. The number of nitrogens with two attached hydrogens (primary N) is 1. The molecule has 0 radical (unpaired) electrons. The van der Waals surface area contributed by atoms with E-state index in [1.807, 2.05) is 11.3 Å². The molecule has 0 aliphatic rings. The van der Waals surface area contributed by atoms with Crippen LogP contribution >= 0.6 is 38.6 Å². The first-order valence-electron chi connectivity index (χ1n) is 6.34. The van der Waals surface area contributed by atoms with E-state index < -0.39 is 0 Å². The lowest BCUT2D eigenvalue weighted by Crippen LogP contribution is -2.37. The van der Waals surface area contributed by atoms with Crippen LogP contribution in [0.5, 0.6) is 0 Å². The van der Waals surface area contributed by atoms with Gasteiger partial charge in [-0.25, -0.2) is 0 Å². The van der Waals surface area contributed by atoms with Gasteiger partial charge >= 0.3 is 0 Å². The molecule has 2 aromatic heterocycles. The van der Waals surface area contributed by atoms with Crippen molar-refractivity contribution in [1.29, 1.82) is 0 Å². The fourth-order valence-electron chi connectivity index (χ4n) is 2.15. The zero-order valence-corrected chi connectivity index (χ0v) is 14.4. The Hall–Kier alpha value is -0.200. The van der Waals surface area contributed by atoms with Crippen molar-refractivity contribution in [2.75, 3.05) is 6.54 Å². The van der Waals surface area contributed by atoms with Gasteiger partial charge in [0.1, 0.15) is 0 Å². The topological polar surface area (TPSA) is 29.3 Å². The summed E-state index contributed by atoms with van der Waals surface area (Å²) in [5, 5.41) is 4.26. The molecule has 0 saturated heterocycles. The molecule has 2 aromatic rings. The first kappa shape index (κ1) is 15.2. The van der Waals surface area contributed by atoms with Crippen LogP contribution < -0.4 is 5.73 Å². The monoisotopic (exact) mass is 358 g/mol. The molecule has 0 aromatic carbocycles. The van der Waals surface area contributed by atoms with Crippen LogP contribution in [-0.4, -0.2) is 17.5 Å². The number of rotatable bonds is 6. The lowest BCUT2D eigenvalue weighted by molar-refractivity contribution is 0.152. The van der Waals surface area contributed by atoms with Crippen molar-refractivity contribution in [3.8, 4) is 0 Å². The molecule has 0 aliphatic heterocycles. The third kappa shape index (κ3) is 3.89. The Morgan fingerprint density at radius 2 is 2.16 bits per heavy atom. The maximum absolute atomic E-state index is 6.03. The smallest absolute Gasteiger partial charge is 0.0570 e. The normalized spacial score (nSPS) is 13.4.